The molecule has 2 nitrogen and oxygen atoms in total. The van der Waals surface area contributed by atoms with Gasteiger partial charge in [0.15, 0.2) is 0 Å². The quantitative estimate of drug-likeness (QED) is 0.657. The van der Waals surface area contributed by atoms with E-state index in [-0.39, 0.29) is 12.5 Å². The minimum atomic E-state index is -4.82. The molecule has 7 heteroatoms. The zero-order chi connectivity index (χ0) is 14.6. The lowest BCUT2D eigenvalue weighted by molar-refractivity contribution is -0.140. The van der Waals surface area contributed by atoms with Gasteiger partial charge in [-0.1, -0.05) is 28.9 Å². The van der Waals surface area contributed by atoms with Crippen molar-refractivity contribution in [3.05, 3.63) is 35.1 Å². The Morgan fingerprint density at radius 1 is 1.42 bits per heavy atom. The summed E-state index contributed by atoms with van der Waals surface area (Å²) in [5.41, 5.74) is -2.04. The van der Waals surface area contributed by atoms with Crippen LogP contribution in [-0.4, -0.2) is 17.8 Å². The van der Waals surface area contributed by atoms with E-state index in [2.05, 4.69) is 21.2 Å². The minimum Gasteiger partial charge on any atom is -0.352 e. The van der Waals surface area contributed by atoms with Crippen LogP contribution in [0.3, 0.4) is 0 Å². The zero-order valence-corrected chi connectivity index (χ0v) is 11.6. The van der Waals surface area contributed by atoms with E-state index in [1.165, 1.54) is 0 Å². The summed E-state index contributed by atoms with van der Waals surface area (Å²) >= 11 is 3.20. The molecule has 1 amide bonds. The summed E-state index contributed by atoms with van der Waals surface area (Å²) in [5, 5.41) is 3.02. The molecule has 1 aromatic carbocycles. The molecule has 0 aliphatic rings. The predicted octanol–water partition coefficient (Wildman–Crippen LogP) is 3.61. The summed E-state index contributed by atoms with van der Waals surface area (Å²) in [5.74, 6) is -2.30. The number of nitrogens with one attached hydrogen (secondary N) is 1. The van der Waals surface area contributed by atoms with Crippen molar-refractivity contribution in [1.82, 2.24) is 5.32 Å². The van der Waals surface area contributed by atoms with Crippen molar-refractivity contribution in [2.75, 3.05) is 11.9 Å². The number of carbonyl (C=O) groups is 1. The van der Waals surface area contributed by atoms with Gasteiger partial charge >= 0.3 is 6.18 Å². The smallest absolute Gasteiger partial charge is 0.352 e. The monoisotopic (exact) mass is 341 g/mol. The maximum absolute atomic E-state index is 13.6. The van der Waals surface area contributed by atoms with Gasteiger partial charge < -0.3 is 5.32 Å². The normalized spacial score (nSPS) is 13.2. The maximum atomic E-state index is 13.6. The standard InChI is InChI=1S/C12H12BrF4NO/c1-7(5-13)6-18-11(19)8-3-2-4-9(10(8)14)12(15,16)17/h2-4,7H,5-6H2,1H3,(H,18,19). The van der Waals surface area contributed by atoms with Crippen LogP contribution in [0.5, 0.6) is 0 Å². The first kappa shape index (κ1) is 15.9. The van der Waals surface area contributed by atoms with Crippen molar-refractivity contribution in [2.24, 2.45) is 5.92 Å². The highest BCUT2D eigenvalue weighted by Gasteiger charge is 2.35. The Hall–Kier alpha value is -1.11. The summed E-state index contributed by atoms with van der Waals surface area (Å²) < 4.78 is 51.1. The van der Waals surface area contributed by atoms with Gasteiger partial charge in [-0.05, 0) is 18.1 Å². The summed E-state index contributed by atoms with van der Waals surface area (Å²) in [6.07, 6.45) is -4.82. The lowest BCUT2D eigenvalue weighted by Crippen LogP contribution is -2.30. The van der Waals surface area contributed by atoms with Crippen LogP contribution in [0.1, 0.15) is 22.8 Å². The molecule has 1 atom stereocenters. The van der Waals surface area contributed by atoms with Crippen molar-refractivity contribution in [3.63, 3.8) is 0 Å². The van der Waals surface area contributed by atoms with Gasteiger partial charge in [0.25, 0.3) is 5.91 Å². The highest BCUT2D eigenvalue weighted by atomic mass is 79.9. The number of halogens is 5. The maximum Gasteiger partial charge on any atom is 0.419 e. The van der Waals surface area contributed by atoms with E-state index in [9.17, 15) is 22.4 Å². The first-order valence-electron chi connectivity index (χ1n) is 5.47. The molecule has 0 spiro atoms. The number of carbonyl (C=O) groups excluding carboxylic acids is 1. The fourth-order valence-corrected chi connectivity index (χ4v) is 1.57. The van der Waals surface area contributed by atoms with Crippen LogP contribution >= 0.6 is 15.9 Å². The Kier molecular flexibility index (Phi) is 5.34. The molecule has 1 N–H and O–H groups in total. The Labute approximate surface area is 116 Å². The molecule has 0 saturated heterocycles. The Bertz CT molecular complexity index is 462. The highest BCUT2D eigenvalue weighted by molar-refractivity contribution is 9.09. The van der Waals surface area contributed by atoms with Gasteiger partial charge in [0.1, 0.15) is 5.82 Å². The molecule has 1 aromatic rings. The first-order chi connectivity index (χ1) is 8.77. The second-order valence-electron chi connectivity index (χ2n) is 4.13. The SMILES string of the molecule is CC(CBr)CNC(=O)c1cccc(C(F)(F)F)c1F. The molecule has 19 heavy (non-hydrogen) atoms. The summed E-state index contributed by atoms with van der Waals surface area (Å²) in [7, 11) is 0. The fraction of sp³-hybridized carbons (Fsp3) is 0.417. The second kappa shape index (κ2) is 6.36. The number of amides is 1. The molecule has 0 radical (unpaired) electrons. The van der Waals surface area contributed by atoms with Crippen LogP contribution in [0.15, 0.2) is 18.2 Å². The van der Waals surface area contributed by atoms with Crippen molar-refractivity contribution >= 4 is 21.8 Å². The minimum absolute atomic E-state index is 0.0952. The molecular weight excluding hydrogens is 330 g/mol. The van der Waals surface area contributed by atoms with Gasteiger partial charge in [-0.3, -0.25) is 4.79 Å². The largest absolute Gasteiger partial charge is 0.419 e. The van der Waals surface area contributed by atoms with Crippen LogP contribution in [0, 0.1) is 11.7 Å². The molecule has 0 aromatic heterocycles. The summed E-state index contributed by atoms with van der Waals surface area (Å²) in [6.45, 7) is 2.08. The first-order valence-corrected chi connectivity index (χ1v) is 6.59. The molecule has 1 rings (SSSR count). The third-order valence-electron chi connectivity index (χ3n) is 2.42. The average molecular weight is 342 g/mol. The number of rotatable bonds is 4. The van der Waals surface area contributed by atoms with Crippen molar-refractivity contribution < 1.29 is 22.4 Å². The van der Waals surface area contributed by atoms with Crippen molar-refractivity contribution in [3.8, 4) is 0 Å². The van der Waals surface area contributed by atoms with Gasteiger partial charge in [-0.15, -0.1) is 0 Å². The number of benzene rings is 1. The molecule has 0 fully saturated rings. The van der Waals surface area contributed by atoms with E-state index in [0.717, 1.165) is 12.1 Å². The van der Waals surface area contributed by atoms with E-state index in [1.54, 1.807) is 0 Å². The van der Waals surface area contributed by atoms with E-state index in [1.807, 2.05) is 6.92 Å². The molecule has 0 heterocycles. The number of hydrogen-bond acceptors (Lipinski definition) is 1. The molecule has 0 aliphatic heterocycles. The molecule has 1 unspecified atom stereocenters. The van der Waals surface area contributed by atoms with Gasteiger partial charge in [0.05, 0.1) is 11.1 Å². The van der Waals surface area contributed by atoms with E-state index >= 15 is 0 Å². The molecule has 106 valence electrons. The van der Waals surface area contributed by atoms with Gasteiger partial charge in [-0.2, -0.15) is 13.2 Å². The fourth-order valence-electron chi connectivity index (χ4n) is 1.34. The second-order valence-corrected chi connectivity index (χ2v) is 4.78. The van der Waals surface area contributed by atoms with Crippen molar-refractivity contribution in [2.45, 2.75) is 13.1 Å². The lowest BCUT2D eigenvalue weighted by atomic mass is 10.1. The number of alkyl halides is 4. The predicted molar refractivity (Wildman–Crippen MR) is 66.7 cm³/mol. The zero-order valence-electron chi connectivity index (χ0n) is 10.0. The van der Waals surface area contributed by atoms with E-state index < -0.39 is 29.0 Å². The van der Waals surface area contributed by atoms with Crippen LogP contribution < -0.4 is 5.32 Å². The molecule has 0 bridgehead atoms. The van der Waals surface area contributed by atoms with Gasteiger partial charge in [0.2, 0.25) is 0 Å². The van der Waals surface area contributed by atoms with Crippen LogP contribution in [-0.2, 0) is 6.18 Å². The third kappa shape index (κ3) is 4.19. The molecule has 0 aliphatic carbocycles. The highest BCUT2D eigenvalue weighted by Crippen LogP contribution is 2.32. The summed E-state index contributed by atoms with van der Waals surface area (Å²) in [6, 6.07) is 2.64. The Balaban J connectivity index is 2.93. The number of hydrogen-bond donors (Lipinski definition) is 1. The molecular formula is C12H12BrF4NO. The Morgan fingerprint density at radius 2 is 2.05 bits per heavy atom. The van der Waals surface area contributed by atoms with Crippen LogP contribution in [0.2, 0.25) is 0 Å². The lowest BCUT2D eigenvalue weighted by Gasteiger charge is -2.12. The van der Waals surface area contributed by atoms with Gasteiger partial charge in [0, 0.05) is 11.9 Å². The van der Waals surface area contributed by atoms with E-state index in [0.29, 0.717) is 11.4 Å². The van der Waals surface area contributed by atoms with Crippen LogP contribution in [0.25, 0.3) is 0 Å². The van der Waals surface area contributed by atoms with Crippen molar-refractivity contribution in [1.29, 1.82) is 0 Å². The topological polar surface area (TPSA) is 29.1 Å². The third-order valence-corrected chi connectivity index (χ3v) is 3.53. The average Bonchev–Trinajstić information content (AvgIpc) is 2.34. The van der Waals surface area contributed by atoms with Crippen LogP contribution in [0.4, 0.5) is 17.6 Å². The molecule has 0 saturated carbocycles. The summed E-state index contributed by atoms with van der Waals surface area (Å²) in [4.78, 5) is 11.6. The van der Waals surface area contributed by atoms with E-state index in [4.69, 9.17) is 0 Å². The Morgan fingerprint density at radius 3 is 2.58 bits per heavy atom. The van der Waals surface area contributed by atoms with Gasteiger partial charge in [-0.25, -0.2) is 4.39 Å².